The quantitative estimate of drug-likeness (QED) is 0.698. The molecule has 0 saturated carbocycles. The molecule has 8 nitrogen and oxygen atoms in total. The van der Waals surface area contributed by atoms with Crippen molar-refractivity contribution in [1.29, 1.82) is 5.26 Å². The zero-order valence-electron chi connectivity index (χ0n) is 13.9. The number of carbonyl (C=O) groups excluding carboxylic acids is 2. The standard InChI is InChI=1S/C15H22N4O4S/c1-3-18(9-11(2)8-16)15(21)13-4-5-14(20)19(17-13)12-6-7-24(22,23)10-12/h11-12H,3-7,9-10H2,1-2H3/t11-,12+/m0/s1. The molecule has 2 heterocycles. The maximum absolute atomic E-state index is 12.6. The highest BCUT2D eigenvalue weighted by atomic mass is 32.2. The van der Waals surface area contributed by atoms with E-state index in [2.05, 4.69) is 11.2 Å². The van der Waals surface area contributed by atoms with Crippen molar-refractivity contribution < 1.29 is 18.0 Å². The van der Waals surface area contributed by atoms with Gasteiger partial charge in [-0.3, -0.25) is 9.59 Å². The van der Waals surface area contributed by atoms with Crippen LogP contribution < -0.4 is 0 Å². The Labute approximate surface area is 142 Å². The van der Waals surface area contributed by atoms with Crippen molar-refractivity contribution in [1.82, 2.24) is 9.91 Å². The Balaban J connectivity index is 2.17. The van der Waals surface area contributed by atoms with Crippen LogP contribution in [0.15, 0.2) is 5.10 Å². The molecule has 24 heavy (non-hydrogen) atoms. The fourth-order valence-corrected chi connectivity index (χ4v) is 4.58. The second-order valence-corrected chi connectivity index (χ2v) is 8.44. The molecule has 2 aliphatic rings. The van der Waals surface area contributed by atoms with E-state index < -0.39 is 15.9 Å². The normalized spacial score (nSPS) is 24.2. The van der Waals surface area contributed by atoms with Gasteiger partial charge in [0.2, 0.25) is 5.91 Å². The summed E-state index contributed by atoms with van der Waals surface area (Å²) in [5.41, 5.74) is 0.255. The first-order valence-electron chi connectivity index (χ1n) is 8.06. The van der Waals surface area contributed by atoms with Crippen molar-refractivity contribution in [2.75, 3.05) is 24.6 Å². The molecule has 0 spiro atoms. The molecule has 9 heteroatoms. The van der Waals surface area contributed by atoms with Crippen LogP contribution in [0, 0.1) is 17.2 Å². The van der Waals surface area contributed by atoms with Gasteiger partial charge in [-0.05, 0) is 20.3 Å². The Morgan fingerprint density at radius 3 is 2.75 bits per heavy atom. The highest BCUT2D eigenvalue weighted by Crippen LogP contribution is 2.22. The monoisotopic (exact) mass is 354 g/mol. The Bertz CT molecular complexity index is 695. The van der Waals surface area contributed by atoms with Gasteiger partial charge in [0, 0.05) is 25.9 Å². The second-order valence-electron chi connectivity index (χ2n) is 6.22. The summed E-state index contributed by atoms with van der Waals surface area (Å²) in [6.07, 6.45) is 0.736. The van der Waals surface area contributed by atoms with E-state index in [9.17, 15) is 18.0 Å². The van der Waals surface area contributed by atoms with Crippen molar-refractivity contribution in [3.8, 4) is 6.07 Å². The summed E-state index contributed by atoms with van der Waals surface area (Å²) in [5.74, 6) is -0.899. The summed E-state index contributed by atoms with van der Waals surface area (Å²) in [7, 11) is -3.14. The van der Waals surface area contributed by atoms with Crippen molar-refractivity contribution in [3.63, 3.8) is 0 Å². The molecule has 2 aliphatic heterocycles. The van der Waals surface area contributed by atoms with Crippen LogP contribution in [-0.2, 0) is 19.4 Å². The fourth-order valence-electron chi connectivity index (χ4n) is 2.89. The predicted molar refractivity (Wildman–Crippen MR) is 87.6 cm³/mol. The van der Waals surface area contributed by atoms with Crippen LogP contribution in [0.2, 0.25) is 0 Å². The van der Waals surface area contributed by atoms with E-state index in [4.69, 9.17) is 5.26 Å². The molecule has 0 aromatic carbocycles. The summed E-state index contributed by atoms with van der Waals surface area (Å²) in [5, 5.41) is 14.3. The molecule has 0 radical (unpaired) electrons. The first kappa shape index (κ1) is 18.4. The van der Waals surface area contributed by atoms with Crippen LogP contribution in [0.1, 0.15) is 33.1 Å². The van der Waals surface area contributed by atoms with Gasteiger partial charge in [0.05, 0.1) is 29.5 Å². The summed E-state index contributed by atoms with van der Waals surface area (Å²) < 4.78 is 23.2. The van der Waals surface area contributed by atoms with E-state index in [0.29, 0.717) is 19.5 Å². The number of nitriles is 1. The lowest BCUT2D eigenvalue weighted by Crippen LogP contribution is -2.45. The Kier molecular flexibility index (Phi) is 5.59. The number of nitrogens with zero attached hydrogens (tertiary/aromatic N) is 4. The summed E-state index contributed by atoms with van der Waals surface area (Å²) in [6, 6.07) is 1.60. The van der Waals surface area contributed by atoms with Crippen molar-refractivity contribution in [3.05, 3.63) is 0 Å². The number of sulfone groups is 1. The van der Waals surface area contributed by atoms with Gasteiger partial charge < -0.3 is 4.90 Å². The van der Waals surface area contributed by atoms with Gasteiger partial charge in [0.25, 0.3) is 5.91 Å². The maximum Gasteiger partial charge on any atom is 0.270 e. The van der Waals surface area contributed by atoms with Gasteiger partial charge in [-0.15, -0.1) is 0 Å². The van der Waals surface area contributed by atoms with E-state index in [1.54, 1.807) is 6.92 Å². The van der Waals surface area contributed by atoms with Crippen LogP contribution in [-0.4, -0.2) is 66.5 Å². The zero-order chi connectivity index (χ0) is 17.9. The van der Waals surface area contributed by atoms with Crippen molar-refractivity contribution in [2.45, 2.75) is 39.2 Å². The molecule has 1 saturated heterocycles. The molecule has 0 aromatic rings. The van der Waals surface area contributed by atoms with Crippen LogP contribution in [0.5, 0.6) is 0 Å². The molecule has 2 amide bonds. The van der Waals surface area contributed by atoms with Gasteiger partial charge in [0.1, 0.15) is 5.71 Å². The number of hydrogen-bond acceptors (Lipinski definition) is 6. The first-order chi connectivity index (χ1) is 11.3. The van der Waals surface area contributed by atoms with Crippen molar-refractivity contribution >= 4 is 27.4 Å². The lowest BCUT2D eigenvalue weighted by atomic mass is 10.1. The predicted octanol–water partition coefficient (Wildman–Crippen LogP) is 0.160. The number of hydrazone groups is 1. The average molecular weight is 354 g/mol. The summed E-state index contributed by atoms with van der Waals surface area (Å²) >= 11 is 0. The van der Waals surface area contributed by atoms with Crippen LogP contribution in [0.4, 0.5) is 0 Å². The molecule has 0 unspecified atom stereocenters. The lowest BCUT2D eigenvalue weighted by Gasteiger charge is -2.29. The Hall–Kier alpha value is -1.95. The topological polar surface area (TPSA) is 111 Å². The molecular weight excluding hydrogens is 332 g/mol. The summed E-state index contributed by atoms with van der Waals surface area (Å²) in [6.45, 7) is 4.29. The molecule has 0 N–H and O–H groups in total. The molecule has 0 bridgehead atoms. The minimum absolute atomic E-state index is 0.0427. The van der Waals surface area contributed by atoms with Crippen LogP contribution in [0.3, 0.4) is 0 Å². The maximum atomic E-state index is 12.6. The molecule has 0 aliphatic carbocycles. The first-order valence-corrected chi connectivity index (χ1v) is 9.88. The average Bonchev–Trinajstić information content (AvgIpc) is 2.91. The third-order valence-corrected chi connectivity index (χ3v) is 5.99. The smallest absolute Gasteiger partial charge is 0.270 e. The Morgan fingerprint density at radius 1 is 1.50 bits per heavy atom. The molecule has 1 fully saturated rings. The SMILES string of the molecule is CCN(C[C@@H](C)C#N)C(=O)C1=NN([C@@H]2CCS(=O)(=O)C2)C(=O)CC1. The third-order valence-electron chi connectivity index (χ3n) is 4.24. The highest BCUT2D eigenvalue weighted by molar-refractivity contribution is 7.91. The lowest BCUT2D eigenvalue weighted by molar-refractivity contribution is -0.134. The van der Waals surface area contributed by atoms with E-state index in [1.165, 1.54) is 9.91 Å². The minimum atomic E-state index is -3.14. The van der Waals surface area contributed by atoms with Crippen LogP contribution in [0.25, 0.3) is 0 Å². The largest absolute Gasteiger partial charge is 0.337 e. The number of carbonyl (C=O) groups is 2. The van der Waals surface area contributed by atoms with Gasteiger partial charge in [-0.2, -0.15) is 10.4 Å². The van der Waals surface area contributed by atoms with Gasteiger partial charge in [0.15, 0.2) is 9.84 Å². The van der Waals surface area contributed by atoms with E-state index >= 15 is 0 Å². The van der Waals surface area contributed by atoms with Gasteiger partial charge in [-0.1, -0.05) is 0 Å². The second kappa shape index (κ2) is 7.30. The molecule has 132 valence electrons. The van der Waals surface area contributed by atoms with Crippen LogP contribution >= 0.6 is 0 Å². The highest BCUT2D eigenvalue weighted by Gasteiger charge is 2.37. The molecule has 2 rings (SSSR count). The zero-order valence-corrected chi connectivity index (χ0v) is 14.8. The molecule has 2 atom stereocenters. The van der Waals surface area contributed by atoms with E-state index in [0.717, 1.165) is 0 Å². The number of amides is 2. The minimum Gasteiger partial charge on any atom is -0.337 e. The van der Waals surface area contributed by atoms with Gasteiger partial charge >= 0.3 is 0 Å². The van der Waals surface area contributed by atoms with Gasteiger partial charge in [-0.25, -0.2) is 13.4 Å². The molecular formula is C15H22N4O4S. The fraction of sp³-hybridized carbons (Fsp3) is 0.733. The number of hydrogen-bond donors (Lipinski definition) is 0. The van der Waals surface area contributed by atoms with Crippen molar-refractivity contribution in [2.24, 2.45) is 11.0 Å². The Morgan fingerprint density at radius 2 is 2.21 bits per heavy atom. The third kappa shape index (κ3) is 4.12. The van der Waals surface area contributed by atoms with E-state index in [1.807, 2.05) is 6.92 Å². The molecule has 0 aromatic heterocycles. The van der Waals surface area contributed by atoms with E-state index in [-0.39, 0.29) is 47.8 Å². The number of rotatable bonds is 5. The summed E-state index contributed by atoms with van der Waals surface area (Å²) in [4.78, 5) is 26.2.